The van der Waals surface area contributed by atoms with Crippen LogP contribution in [0.1, 0.15) is 38.5 Å². The molecule has 0 bridgehead atoms. The van der Waals surface area contributed by atoms with Crippen molar-refractivity contribution >= 4 is 0 Å². The van der Waals surface area contributed by atoms with Crippen LogP contribution in [0.4, 0.5) is 0 Å². The fourth-order valence-corrected chi connectivity index (χ4v) is 2.91. The van der Waals surface area contributed by atoms with Gasteiger partial charge < -0.3 is 0 Å². The molecule has 56 valence electrons. The van der Waals surface area contributed by atoms with Crippen molar-refractivity contribution in [3.63, 3.8) is 0 Å². The van der Waals surface area contributed by atoms with Crippen LogP contribution in [0.2, 0.25) is 0 Å². The summed E-state index contributed by atoms with van der Waals surface area (Å²) < 4.78 is 0. The van der Waals surface area contributed by atoms with Crippen molar-refractivity contribution in [2.24, 2.45) is 23.7 Å². The highest BCUT2D eigenvalue weighted by atomic mass is 14.6. The van der Waals surface area contributed by atoms with E-state index in [1.807, 2.05) is 0 Å². The van der Waals surface area contributed by atoms with Crippen molar-refractivity contribution < 1.29 is 0 Å². The van der Waals surface area contributed by atoms with Gasteiger partial charge in [-0.05, 0) is 42.9 Å². The normalized spacial score (nSPS) is 51.0. The number of rotatable bonds is 2. The molecule has 0 aliphatic heterocycles. The minimum Gasteiger partial charge on any atom is -0.0528 e. The summed E-state index contributed by atoms with van der Waals surface area (Å²) in [4.78, 5) is 0. The fourth-order valence-electron chi connectivity index (χ4n) is 2.91. The van der Waals surface area contributed by atoms with Gasteiger partial charge in [0.1, 0.15) is 0 Å². The first-order valence-corrected chi connectivity index (χ1v) is 4.93. The zero-order chi connectivity index (χ0) is 6.55. The van der Waals surface area contributed by atoms with Crippen LogP contribution < -0.4 is 0 Å². The van der Waals surface area contributed by atoms with Gasteiger partial charge >= 0.3 is 0 Å². The summed E-state index contributed by atoms with van der Waals surface area (Å²) in [6.07, 6.45) is 9.49. The van der Waals surface area contributed by atoms with Gasteiger partial charge in [-0.2, -0.15) is 0 Å². The first-order valence-electron chi connectivity index (χ1n) is 4.93. The second kappa shape index (κ2) is 1.78. The average Bonchev–Trinajstić information content (AvgIpc) is 2.38. The average molecular weight is 136 g/mol. The molecule has 3 aliphatic rings. The van der Waals surface area contributed by atoms with Crippen LogP contribution >= 0.6 is 0 Å². The minimum atomic E-state index is 1.17. The third kappa shape index (κ3) is 0.681. The van der Waals surface area contributed by atoms with Crippen molar-refractivity contribution in [3.05, 3.63) is 0 Å². The third-order valence-corrected chi connectivity index (χ3v) is 4.05. The van der Waals surface area contributed by atoms with Crippen molar-refractivity contribution in [1.29, 1.82) is 0 Å². The van der Waals surface area contributed by atoms with Crippen LogP contribution in [-0.4, -0.2) is 0 Å². The molecule has 3 rings (SSSR count). The van der Waals surface area contributed by atoms with E-state index in [2.05, 4.69) is 0 Å². The van der Waals surface area contributed by atoms with Gasteiger partial charge in [0.2, 0.25) is 0 Å². The molecule has 0 amide bonds. The van der Waals surface area contributed by atoms with Gasteiger partial charge in [-0.1, -0.05) is 19.3 Å². The summed E-state index contributed by atoms with van der Waals surface area (Å²) in [5.74, 6) is 4.84. The fraction of sp³-hybridized carbons (Fsp3) is 1.00. The first kappa shape index (κ1) is 5.62. The van der Waals surface area contributed by atoms with Crippen LogP contribution in [0.15, 0.2) is 0 Å². The monoisotopic (exact) mass is 136 g/mol. The van der Waals surface area contributed by atoms with Gasteiger partial charge in [-0.25, -0.2) is 0 Å². The van der Waals surface area contributed by atoms with E-state index in [-0.39, 0.29) is 0 Å². The van der Waals surface area contributed by atoms with Gasteiger partial charge in [0.05, 0.1) is 0 Å². The molecule has 3 saturated carbocycles. The SMILES string of the molecule is C1CC(CC2CC3CC23)C1. The summed E-state index contributed by atoms with van der Waals surface area (Å²) in [6, 6.07) is 0. The second-order valence-electron chi connectivity index (χ2n) is 4.69. The zero-order valence-corrected chi connectivity index (χ0v) is 6.55. The van der Waals surface area contributed by atoms with Crippen molar-refractivity contribution in [2.45, 2.75) is 38.5 Å². The summed E-state index contributed by atoms with van der Waals surface area (Å²) in [7, 11) is 0. The highest BCUT2D eigenvalue weighted by Crippen LogP contribution is 2.62. The maximum absolute atomic E-state index is 1.61. The van der Waals surface area contributed by atoms with Crippen molar-refractivity contribution in [2.75, 3.05) is 0 Å². The Morgan fingerprint density at radius 3 is 2.40 bits per heavy atom. The molecule has 0 aromatic heterocycles. The number of hydrogen-bond donors (Lipinski definition) is 0. The molecule has 0 saturated heterocycles. The third-order valence-electron chi connectivity index (χ3n) is 4.05. The van der Waals surface area contributed by atoms with Crippen molar-refractivity contribution in [3.8, 4) is 0 Å². The van der Waals surface area contributed by atoms with E-state index < -0.39 is 0 Å². The van der Waals surface area contributed by atoms with E-state index in [0.29, 0.717) is 0 Å². The molecule has 0 aromatic rings. The summed E-state index contributed by atoms with van der Waals surface area (Å²) in [5.41, 5.74) is 0. The lowest BCUT2D eigenvalue weighted by Crippen LogP contribution is -2.22. The maximum atomic E-state index is 1.61. The predicted octanol–water partition coefficient (Wildman–Crippen LogP) is 2.83. The summed E-state index contributed by atoms with van der Waals surface area (Å²) >= 11 is 0. The molecule has 3 aliphatic carbocycles. The number of fused-ring (bicyclic) bond motifs is 1. The molecule has 0 N–H and O–H groups in total. The molecule has 3 unspecified atom stereocenters. The van der Waals surface area contributed by atoms with E-state index in [4.69, 9.17) is 0 Å². The molecule has 0 heteroatoms. The van der Waals surface area contributed by atoms with Gasteiger partial charge in [-0.3, -0.25) is 0 Å². The zero-order valence-electron chi connectivity index (χ0n) is 6.55. The summed E-state index contributed by atoms with van der Waals surface area (Å²) in [6.45, 7) is 0. The molecule has 0 radical (unpaired) electrons. The second-order valence-corrected chi connectivity index (χ2v) is 4.69. The van der Waals surface area contributed by atoms with E-state index >= 15 is 0 Å². The van der Waals surface area contributed by atoms with Gasteiger partial charge in [0.25, 0.3) is 0 Å². The molecular weight excluding hydrogens is 120 g/mol. The Hall–Kier alpha value is 0. The molecule has 3 fully saturated rings. The molecule has 0 spiro atoms. The highest BCUT2D eigenvalue weighted by molar-refractivity contribution is 5.03. The lowest BCUT2D eigenvalue weighted by molar-refractivity contribution is 0.178. The maximum Gasteiger partial charge on any atom is -0.0354 e. The van der Waals surface area contributed by atoms with Crippen LogP contribution in [0.5, 0.6) is 0 Å². The van der Waals surface area contributed by atoms with Crippen LogP contribution in [0.25, 0.3) is 0 Å². The van der Waals surface area contributed by atoms with Gasteiger partial charge in [-0.15, -0.1) is 0 Å². The Morgan fingerprint density at radius 1 is 1.10 bits per heavy atom. The van der Waals surface area contributed by atoms with E-state index in [1.54, 1.807) is 32.1 Å². The molecule has 10 heavy (non-hydrogen) atoms. The molecule has 0 nitrogen and oxygen atoms in total. The Kier molecular flexibility index (Phi) is 1.00. The first-order chi connectivity index (χ1) is 4.93. The minimum absolute atomic E-state index is 1.17. The Bertz CT molecular complexity index is 146. The van der Waals surface area contributed by atoms with Crippen LogP contribution in [-0.2, 0) is 0 Å². The topological polar surface area (TPSA) is 0 Å². The lowest BCUT2D eigenvalue weighted by atomic mass is 9.72. The molecular formula is C10H16. The van der Waals surface area contributed by atoms with E-state index in [9.17, 15) is 0 Å². The molecule has 0 heterocycles. The Labute approximate surface area is 63.0 Å². The van der Waals surface area contributed by atoms with Gasteiger partial charge in [0.15, 0.2) is 0 Å². The lowest BCUT2D eigenvalue weighted by Gasteiger charge is -2.33. The van der Waals surface area contributed by atoms with Crippen LogP contribution in [0.3, 0.4) is 0 Å². The number of hydrogen-bond acceptors (Lipinski definition) is 0. The highest BCUT2D eigenvalue weighted by Gasteiger charge is 2.53. The van der Waals surface area contributed by atoms with Gasteiger partial charge in [0, 0.05) is 0 Å². The van der Waals surface area contributed by atoms with Crippen molar-refractivity contribution in [1.82, 2.24) is 0 Å². The largest absolute Gasteiger partial charge is 0.0528 e. The predicted molar refractivity (Wildman–Crippen MR) is 41.7 cm³/mol. The Balaban J connectivity index is 1.50. The summed E-state index contributed by atoms with van der Waals surface area (Å²) in [5, 5.41) is 0. The standard InChI is InChI=1S/C10H16/c1-2-7(3-1)4-8-5-9-6-10(8)9/h7-10H,1-6H2. The quantitative estimate of drug-likeness (QED) is 0.547. The Morgan fingerprint density at radius 2 is 2.00 bits per heavy atom. The van der Waals surface area contributed by atoms with Crippen LogP contribution in [0, 0.1) is 23.7 Å². The molecule has 3 atom stereocenters. The molecule has 0 aromatic carbocycles. The van der Waals surface area contributed by atoms with E-state index in [1.165, 1.54) is 30.1 Å². The van der Waals surface area contributed by atoms with E-state index in [0.717, 1.165) is 0 Å². The smallest absolute Gasteiger partial charge is 0.0354 e.